The fraction of sp³-hybridized carbons (Fsp3) is 0.481. The molecule has 172 valence electrons. The summed E-state index contributed by atoms with van der Waals surface area (Å²) < 4.78 is 5.46. The molecule has 0 bridgehead atoms. The van der Waals surface area contributed by atoms with Crippen molar-refractivity contribution in [2.45, 2.75) is 78.7 Å². The van der Waals surface area contributed by atoms with Crippen molar-refractivity contribution in [3.8, 4) is 5.75 Å². The molecule has 0 fully saturated rings. The maximum atomic E-state index is 13.7. The largest absolute Gasteiger partial charge is 0.496 e. The minimum absolute atomic E-state index is 0.136. The number of fused-ring (bicyclic) bond motifs is 1. The fourth-order valence-corrected chi connectivity index (χ4v) is 5.27. The summed E-state index contributed by atoms with van der Waals surface area (Å²) >= 11 is 0. The number of ether oxygens (including phenoxy) is 1. The van der Waals surface area contributed by atoms with Crippen LogP contribution in [0.3, 0.4) is 0 Å². The van der Waals surface area contributed by atoms with Gasteiger partial charge in [-0.1, -0.05) is 58.2 Å². The first-order valence-electron chi connectivity index (χ1n) is 11.6. The number of benzene rings is 2. The standard InChI is InChI=1S/C27H36N2O3/c1-8-10-14-23-27(5,6)24-18(4)15-17(3)16-21(24)26(31)29(23)28-25(30)20-12-11-13-22(32-7)19(20)9-2/h11-13,15-16,23H,8-10,14H2,1-7H3,(H,28,30)/t23-/m1/s1. The van der Waals surface area contributed by atoms with Crippen LogP contribution < -0.4 is 10.2 Å². The predicted molar refractivity (Wildman–Crippen MR) is 128 cm³/mol. The van der Waals surface area contributed by atoms with E-state index >= 15 is 0 Å². The lowest BCUT2D eigenvalue weighted by Crippen LogP contribution is -2.61. The van der Waals surface area contributed by atoms with Crippen molar-refractivity contribution in [3.63, 3.8) is 0 Å². The number of rotatable bonds is 7. The fourth-order valence-electron chi connectivity index (χ4n) is 5.27. The predicted octanol–water partition coefficient (Wildman–Crippen LogP) is 5.51. The van der Waals surface area contributed by atoms with Crippen molar-refractivity contribution in [2.24, 2.45) is 0 Å². The molecule has 2 amide bonds. The molecule has 0 radical (unpaired) electrons. The molecule has 0 spiro atoms. The summed E-state index contributed by atoms with van der Waals surface area (Å²) in [5.74, 6) is 0.269. The first-order valence-corrected chi connectivity index (χ1v) is 11.6. The van der Waals surface area contributed by atoms with Crippen LogP contribution in [-0.4, -0.2) is 30.0 Å². The van der Waals surface area contributed by atoms with E-state index in [4.69, 9.17) is 4.74 Å². The van der Waals surface area contributed by atoms with E-state index in [1.807, 2.05) is 32.0 Å². The highest BCUT2D eigenvalue weighted by molar-refractivity contribution is 6.02. The SMILES string of the molecule is CCCC[C@H]1N(NC(=O)c2cccc(OC)c2CC)C(=O)c2cc(C)cc(C)c2C1(C)C. The Morgan fingerprint density at radius 1 is 1.19 bits per heavy atom. The van der Waals surface area contributed by atoms with Gasteiger partial charge in [0.1, 0.15) is 5.75 Å². The maximum Gasteiger partial charge on any atom is 0.272 e. The Hall–Kier alpha value is -2.82. The second kappa shape index (κ2) is 9.35. The van der Waals surface area contributed by atoms with E-state index < -0.39 is 0 Å². The van der Waals surface area contributed by atoms with Crippen LogP contribution >= 0.6 is 0 Å². The van der Waals surface area contributed by atoms with Crippen LogP contribution in [0.4, 0.5) is 0 Å². The number of nitrogens with one attached hydrogen (secondary N) is 1. The average molecular weight is 437 g/mol. The van der Waals surface area contributed by atoms with Crippen LogP contribution in [-0.2, 0) is 11.8 Å². The average Bonchev–Trinajstić information content (AvgIpc) is 2.75. The number of nitrogens with zero attached hydrogens (tertiary/aromatic N) is 1. The van der Waals surface area contributed by atoms with Crippen LogP contribution in [0.15, 0.2) is 30.3 Å². The first-order chi connectivity index (χ1) is 15.2. The highest BCUT2D eigenvalue weighted by Crippen LogP contribution is 2.42. The lowest BCUT2D eigenvalue weighted by molar-refractivity contribution is 0.0299. The van der Waals surface area contributed by atoms with Gasteiger partial charge in [-0.3, -0.25) is 15.0 Å². The molecule has 0 aromatic heterocycles. The van der Waals surface area contributed by atoms with E-state index in [0.717, 1.165) is 41.5 Å². The molecule has 1 heterocycles. The molecule has 32 heavy (non-hydrogen) atoms. The summed E-state index contributed by atoms with van der Waals surface area (Å²) in [5.41, 5.74) is 8.03. The highest BCUT2D eigenvalue weighted by atomic mass is 16.5. The molecule has 0 saturated carbocycles. The molecule has 1 N–H and O–H groups in total. The molecule has 1 aliphatic rings. The van der Waals surface area contributed by atoms with Crippen molar-refractivity contribution < 1.29 is 14.3 Å². The van der Waals surface area contributed by atoms with E-state index in [2.05, 4.69) is 39.2 Å². The molecule has 0 aliphatic carbocycles. The van der Waals surface area contributed by atoms with Crippen LogP contribution in [0.2, 0.25) is 0 Å². The monoisotopic (exact) mass is 436 g/mol. The van der Waals surface area contributed by atoms with Gasteiger partial charge in [0.05, 0.1) is 13.2 Å². The summed E-state index contributed by atoms with van der Waals surface area (Å²) in [4.78, 5) is 27.1. The zero-order valence-corrected chi connectivity index (χ0v) is 20.5. The molecule has 0 saturated heterocycles. The number of methoxy groups -OCH3 is 1. The van der Waals surface area contributed by atoms with Gasteiger partial charge in [0.25, 0.3) is 11.8 Å². The zero-order valence-electron chi connectivity index (χ0n) is 20.5. The van der Waals surface area contributed by atoms with E-state index in [9.17, 15) is 9.59 Å². The number of aryl methyl sites for hydroxylation is 2. The van der Waals surface area contributed by atoms with Gasteiger partial charge in [-0.2, -0.15) is 0 Å². The smallest absolute Gasteiger partial charge is 0.272 e. The molecule has 2 aromatic carbocycles. The minimum atomic E-state index is -0.300. The Morgan fingerprint density at radius 3 is 2.53 bits per heavy atom. The van der Waals surface area contributed by atoms with E-state index in [1.54, 1.807) is 18.2 Å². The van der Waals surface area contributed by atoms with Gasteiger partial charge in [-0.15, -0.1) is 0 Å². The molecule has 0 unspecified atom stereocenters. The second-order valence-corrected chi connectivity index (χ2v) is 9.34. The molecule has 1 atom stereocenters. The van der Waals surface area contributed by atoms with E-state index in [0.29, 0.717) is 23.3 Å². The van der Waals surface area contributed by atoms with Crippen molar-refractivity contribution >= 4 is 11.8 Å². The van der Waals surface area contributed by atoms with Gasteiger partial charge in [0, 0.05) is 22.1 Å². The number of amides is 2. The third kappa shape index (κ3) is 4.13. The Kier molecular flexibility index (Phi) is 6.97. The van der Waals surface area contributed by atoms with Crippen molar-refractivity contribution in [1.82, 2.24) is 10.4 Å². The Morgan fingerprint density at radius 2 is 1.91 bits per heavy atom. The van der Waals surface area contributed by atoms with Crippen LogP contribution in [0, 0.1) is 13.8 Å². The van der Waals surface area contributed by atoms with Gasteiger partial charge in [-0.25, -0.2) is 5.01 Å². The Balaban J connectivity index is 2.08. The topological polar surface area (TPSA) is 58.6 Å². The van der Waals surface area contributed by atoms with Gasteiger partial charge in [0.15, 0.2) is 0 Å². The number of unbranched alkanes of at least 4 members (excludes halogenated alkanes) is 1. The summed E-state index contributed by atoms with van der Waals surface area (Å²) in [6.45, 7) is 12.6. The lowest BCUT2D eigenvalue weighted by Gasteiger charge is -2.48. The van der Waals surface area contributed by atoms with Crippen LogP contribution in [0.25, 0.3) is 0 Å². The summed E-state index contributed by atoms with van der Waals surface area (Å²) in [6, 6.07) is 9.41. The van der Waals surface area contributed by atoms with Crippen molar-refractivity contribution in [1.29, 1.82) is 0 Å². The number of carbonyl (C=O) groups excluding carboxylic acids is 2. The molecule has 5 heteroatoms. The Bertz CT molecular complexity index is 1030. The third-order valence-corrected chi connectivity index (χ3v) is 6.72. The normalized spacial score (nSPS) is 17.2. The summed E-state index contributed by atoms with van der Waals surface area (Å²) in [5, 5.41) is 1.60. The van der Waals surface area contributed by atoms with E-state index in [1.165, 1.54) is 0 Å². The quantitative estimate of drug-likeness (QED) is 0.622. The van der Waals surface area contributed by atoms with Crippen molar-refractivity contribution in [3.05, 3.63) is 63.7 Å². The molecule has 2 aromatic rings. The number of hydrogen-bond donors (Lipinski definition) is 1. The molecule has 1 aliphatic heterocycles. The lowest BCUT2D eigenvalue weighted by atomic mass is 9.69. The highest BCUT2D eigenvalue weighted by Gasteiger charge is 2.46. The minimum Gasteiger partial charge on any atom is -0.496 e. The van der Waals surface area contributed by atoms with Gasteiger partial charge < -0.3 is 4.74 Å². The number of carbonyl (C=O) groups is 2. The van der Waals surface area contributed by atoms with Crippen LogP contribution in [0.5, 0.6) is 5.75 Å². The van der Waals surface area contributed by atoms with E-state index in [-0.39, 0.29) is 23.3 Å². The number of hydrazine groups is 1. The van der Waals surface area contributed by atoms with Gasteiger partial charge in [-0.05, 0) is 56.0 Å². The molecular weight excluding hydrogens is 400 g/mol. The third-order valence-electron chi connectivity index (χ3n) is 6.72. The molecule has 3 rings (SSSR count). The van der Waals surface area contributed by atoms with Crippen molar-refractivity contribution in [2.75, 3.05) is 7.11 Å². The maximum absolute atomic E-state index is 13.7. The number of hydrogen-bond acceptors (Lipinski definition) is 3. The summed E-state index contributed by atoms with van der Waals surface area (Å²) in [7, 11) is 1.61. The summed E-state index contributed by atoms with van der Waals surface area (Å²) in [6.07, 6.45) is 3.49. The van der Waals surface area contributed by atoms with Gasteiger partial charge >= 0.3 is 0 Å². The molecular formula is C27H36N2O3. The van der Waals surface area contributed by atoms with Gasteiger partial charge in [0.2, 0.25) is 0 Å². The molecule has 5 nitrogen and oxygen atoms in total. The Labute approximate surface area is 192 Å². The van der Waals surface area contributed by atoms with Crippen LogP contribution in [0.1, 0.15) is 89.9 Å². The first kappa shape index (κ1) is 23.8. The zero-order chi connectivity index (χ0) is 23.6. The second-order valence-electron chi connectivity index (χ2n) is 9.34.